The van der Waals surface area contributed by atoms with Gasteiger partial charge in [-0.05, 0) is 91.9 Å². The number of nitrogens with zero attached hydrogens (tertiary/aromatic N) is 3. The number of pyridine rings is 1. The standard InChI is InChI=1S/C26H24N4O2S/c1-2-32-21-14-10-18(11-15-21)29-17-5-7-23(29)25-24(22-6-3-4-16-27-22)28-26(33)30(25)19-8-12-20(31)13-9-19/h3-17,24-25,31H,2H2,1H3,(H,28,33)/t24-,25+/m1/s1. The van der Waals surface area contributed by atoms with E-state index in [2.05, 4.69) is 44.2 Å². The van der Waals surface area contributed by atoms with Gasteiger partial charge in [0.05, 0.1) is 18.3 Å². The SMILES string of the molecule is CCOc1ccc(-n2cccc2[C@H]2[C@@H](c3ccccn3)NC(=S)N2c2ccc(O)cc2)cc1. The maximum absolute atomic E-state index is 9.81. The second kappa shape index (κ2) is 8.96. The fourth-order valence-electron chi connectivity index (χ4n) is 4.29. The van der Waals surface area contributed by atoms with E-state index in [1.54, 1.807) is 18.3 Å². The number of thiocarbonyl (C=S) groups is 1. The lowest BCUT2D eigenvalue weighted by atomic mass is 10.0. The first-order valence-electron chi connectivity index (χ1n) is 10.9. The summed E-state index contributed by atoms with van der Waals surface area (Å²) >= 11 is 5.79. The Balaban J connectivity index is 1.61. The highest BCUT2D eigenvalue weighted by atomic mass is 32.1. The normalized spacial score (nSPS) is 17.7. The van der Waals surface area contributed by atoms with Gasteiger partial charge in [-0.25, -0.2) is 0 Å². The van der Waals surface area contributed by atoms with Crippen LogP contribution in [0, 0.1) is 0 Å². The number of phenols is 1. The number of benzene rings is 2. The van der Waals surface area contributed by atoms with E-state index in [0.717, 1.165) is 28.5 Å². The van der Waals surface area contributed by atoms with Gasteiger partial charge in [0.2, 0.25) is 0 Å². The van der Waals surface area contributed by atoms with Gasteiger partial charge in [0, 0.05) is 29.5 Å². The predicted octanol–water partition coefficient (Wildman–Crippen LogP) is 5.15. The van der Waals surface area contributed by atoms with Crippen molar-refractivity contribution in [3.8, 4) is 17.2 Å². The zero-order chi connectivity index (χ0) is 22.8. The minimum Gasteiger partial charge on any atom is -0.508 e. The maximum Gasteiger partial charge on any atom is 0.174 e. The summed E-state index contributed by atoms with van der Waals surface area (Å²) in [6, 6.07) is 24.9. The molecule has 2 N–H and O–H groups in total. The quantitative estimate of drug-likeness (QED) is 0.391. The summed E-state index contributed by atoms with van der Waals surface area (Å²) in [5.74, 6) is 1.06. The third-order valence-electron chi connectivity index (χ3n) is 5.74. The number of aromatic nitrogens is 2. The van der Waals surface area contributed by atoms with Gasteiger partial charge in [-0.1, -0.05) is 6.07 Å². The molecule has 4 aromatic rings. The predicted molar refractivity (Wildman–Crippen MR) is 133 cm³/mol. The number of phenolic OH excluding ortho intramolecular Hbond substituents is 1. The molecule has 2 aromatic carbocycles. The molecular formula is C26H24N4O2S. The Kier molecular flexibility index (Phi) is 5.71. The molecule has 7 heteroatoms. The molecule has 0 aliphatic carbocycles. The zero-order valence-electron chi connectivity index (χ0n) is 18.1. The third kappa shape index (κ3) is 4.03. The van der Waals surface area contributed by atoms with E-state index in [1.165, 1.54) is 0 Å². The zero-order valence-corrected chi connectivity index (χ0v) is 18.9. The topological polar surface area (TPSA) is 62.5 Å². The molecule has 3 heterocycles. The maximum atomic E-state index is 9.81. The van der Waals surface area contributed by atoms with Crippen molar-refractivity contribution in [1.29, 1.82) is 0 Å². The molecule has 1 fully saturated rings. The van der Waals surface area contributed by atoms with Crippen molar-refractivity contribution in [2.75, 3.05) is 11.5 Å². The number of hydrogen-bond acceptors (Lipinski definition) is 4. The molecule has 1 aliphatic rings. The molecule has 1 aliphatic heterocycles. The molecule has 0 radical (unpaired) electrons. The fourth-order valence-corrected chi connectivity index (χ4v) is 4.63. The van der Waals surface area contributed by atoms with Gasteiger partial charge in [-0.15, -0.1) is 0 Å². The minimum absolute atomic E-state index is 0.149. The van der Waals surface area contributed by atoms with Crippen LogP contribution in [-0.4, -0.2) is 26.4 Å². The number of hydrogen-bond donors (Lipinski definition) is 2. The Morgan fingerprint density at radius 1 is 0.970 bits per heavy atom. The molecule has 0 spiro atoms. The average Bonchev–Trinajstić information content (AvgIpc) is 3.45. The summed E-state index contributed by atoms with van der Waals surface area (Å²) in [4.78, 5) is 6.71. The van der Waals surface area contributed by atoms with Gasteiger partial charge in [-0.2, -0.15) is 0 Å². The van der Waals surface area contributed by atoms with Gasteiger partial charge >= 0.3 is 0 Å². The Morgan fingerprint density at radius 3 is 2.42 bits per heavy atom. The van der Waals surface area contributed by atoms with Crippen LogP contribution in [0.2, 0.25) is 0 Å². The fraction of sp³-hybridized carbons (Fsp3) is 0.154. The van der Waals surface area contributed by atoms with Crippen LogP contribution < -0.4 is 15.0 Å². The van der Waals surface area contributed by atoms with Crippen LogP contribution in [-0.2, 0) is 0 Å². The first-order chi connectivity index (χ1) is 16.2. The van der Waals surface area contributed by atoms with Crippen molar-refractivity contribution in [1.82, 2.24) is 14.9 Å². The van der Waals surface area contributed by atoms with Crippen LogP contribution in [0.5, 0.6) is 11.5 Å². The van der Waals surface area contributed by atoms with Crippen LogP contribution >= 0.6 is 12.2 Å². The number of anilines is 1. The lowest BCUT2D eigenvalue weighted by Crippen LogP contribution is -2.30. The number of ether oxygens (including phenoxy) is 1. The molecule has 0 bridgehead atoms. The monoisotopic (exact) mass is 456 g/mol. The van der Waals surface area contributed by atoms with E-state index in [1.807, 2.05) is 55.5 Å². The Labute approximate surface area is 198 Å². The van der Waals surface area contributed by atoms with Gasteiger partial charge < -0.3 is 24.6 Å². The lowest BCUT2D eigenvalue weighted by molar-refractivity contribution is 0.340. The smallest absolute Gasteiger partial charge is 0.174 e. The van der Waals surface area contributed by atoms with E-state index < -0.39 is 0 Å². The van der Waals surface area contributed by atoms with E-state index in [4.69, 9.17) is 17.0 Å². The molecule has 33 heavy (non-hydrogen) atoms. The Morgan fingerprint density at radius 2 is 1.73 bits per heavy atom. The second-order valence-corrected chi connectivity index (χ2v) is 8.13. The van der Waals surface area contributed by atoms with Gasteiger partial charge in [0.15, 0.2) is 5.11 Å². The van der Waals surface area contributed by atoms with E-state index in [9.17, 15) is 5.11 Å². The van der Waals surface area contributed by atoms with Crippen molar-refractivity contribution in [3.05, 3.63) is 103 Å². The molecule has 2 aromatic heterocycles. The van der Waals surface area contributed by atoms with Crippen LogP contribution in [0.1, 0.15) is 30.4 Å². The molecule has 5 rings (SSSR count). The van der Waals surface area contributed by atoms with Crippen LogP contribution in [0.4, 0.5) is 5.69 Å². The highest BCUT2D eigenvalue weighted by Gasteiger charge is 2.42. The second-order valence-electron chi connectivity index (χ2n) is 7.74. The van der Waals surface area contributed by atoms with Crippen LogP contribution in [0.25, 0.3) is 5.69 Å². The average molecular weight is 457 g/mol. The van der Waals surface area contributed by atoms with Crippen molar-refractivity contribution >= 4 is 23.0 Å². The van der Waals surface area contributed by atoms with E-state index in [0.29, 0.717) is 11.7 Å². The number of nitrogens with one attached hydrogen (secondary N) is 1. The van der Waals surface area contributed by atoms with Crippen molar-refractivity contribution < 1.29 is 9.84 Å². The molecule has 0 saturated carbocycles. The van der Waals surface area contributed by atoms with Crippen LogP contribution in [0.3, 0.4) is 0 Å². The molecule has 6 nitrogen and oxygen atoms in total. The number of rotatable bonds is 6. The minimum atomic E-state index is -0.154. The molecule has 166 valence electrons. The summed E-state index contributed by atoms with van der Waals surface area (Å²) in [5, 5.41) is 13.9. The Bertz CT molecular complexity index is 1240. The largest absolute Gasteiger partial charge is 0.508 e. The molecule has 0 unspecified atom stereocenters. The highest BCUT2D eigenvalue weighted by molar-refractivity contribution is 7.80. The Hall–Kier alpha value is -3.84. The summed E-state index contributed by atoms with van der Waals surface area (Å²) in [7, 11) is 0. The van der Waals surface area contributed by atoms with Gasteiger partial charge in [-0.3, -0.25) is 4.98 Å². The summed E-state index contributed by atoms with van der Waals surface area (Å²) in [5.41, 5.74) is 3.90. The molecular weight excluding hydrogens is 432 g/mol. The van der Waals surface area contributed by atoms with Crippen molar-refractivity contribution in [2.45, 2.75) is 19.0 Å². The van der Waals surface area contributed by atoms with Crippen molar-refractivity contribution in [3.63, 3.8) is 0 Å². The van der Waals surface area contributed by atoms with E-state index >= 15 is 0 Å². The van der Waals surface area contributed by atoms with Gasteiger partial charge in [0.1, 0.15) is 17.5 Å². The first-order valence-corrected chi connectivity index (χ1v) is 11.3. The molecule has 2 atom stereocenters. The first kappa shape index (κ1) is 21.0. The summed E-state index contributed by atoms with van der Waals surface area (Å²) in [6.07, 6.45) is 3.85. The summed E-state index contributed by atoms with van der Waals surface area (Å²) < 4.78 is 7.77. The molecule has 1 saturated heterocycles. The van der Waals surface area contributed by atoms with Crippen molar-refractivity contribution in [2.24, 2.45) is 0 Å². The number of aromatic hydroxyl groups is 1. The highest BCUT2D eigenvalue weighted by Crippen LogP contribution is 2.42. The summed E-state index contributed by atoms with van der Waals surface area (Å²) in [6.45, 7) is 2.61. The molecule has 0 amide bonds. The van der Waals surface area contributed by atoms with E-state index in [-0.39, 0.29) is 17.8 Å². The lowest BCUT2D eigenvalue weighted by Gasteiger charge is -2.29. The third-order valence-corrected chi connectivity index (χ3v) is 6.05. The van der Waals surface area contributed by atoms with Crippen LogP contribution in [0.15, 0.2) is 91.3 Å². The van der Waals surface area contributed by atoms with Gasteiger partial charge in [0.25, 0.3) is 0 Å².